The highest BCUT2D eigenvalue weighted by Crippen LogP contribution is 2.33. The molecule has 1 aromatic rings. The van der Waals surface area contributed by atoms with Crippen LogP contribution in [-0.2, 0) is 19.9 Å². The number of hydrogen-bond donors (Lipinski definition) is 1. The van der Waals surface area contributed by atoms with Gasteiger partial charge in [0.1, 0.15) is 6.10 Å². The first kappa shape index (κ1) is 25.4. The molecule has 6 nitrogen and oxygen atoms in total. The second kappa shape index (κ2) is 10.6. The summed E-state index contributed by atoms with van der Waals surface area (Å²) in [6.07, 6.45) is 2.02. The number of morpholine rings is 1. The Hall–Kier alpha value is -0.890. The van der Waals surface area contributed by atoms with E-state index in [2.05, 4.69) is 23.6 Å². The molecule has 4 aliphatic rings. The molecule has 0 saturated carbocycles. The average Bonchev–Trinajstić information content (AvgIpc) is 2.72. The number of piperidine rings is 3. The number of halogens is 2. The summed E-state index contributed by atoms with van der Waals surface area (Å²) in [6.45, 7) is 8.51. The number of fused-ring (bicyclic) bond motifs is 3. The van der Waals surface area contributed by atoms with Crippen molar-refractivity contribution in [2.45, 2.75) is 50.5 Å². The lowest BCUT2D eigenvalue weighted by Gasteiger charge is -2.46. The number of carbonyl (C=O) groups is 1. The van der Waals surface area contributed by atoms with Crippen molar-refractivity contribution in [3.05, 3.63) is 35.9 Å². The molecule has 4 aliphatic heterocycles. The summed E-state index contributed by atoms with van der Waals surface area (Å²) in [5.74, 6) is -0.112. The molecule has 2 bridgehead atoms. The normalized spacial score (nSPS) is 33.0. The van der Waals surface area contributed by atoms with Gasteiger partial charge in [-0.15, -0.1) is 24.8 Å². The summed E-state index contributed by atoms with van der Waals surface area (Å²) in [7, 11) is 0. The molecule has 0 spiro atoms. The van der Waals surface area contributed by atoms with E-state index in [1.54, 1.807) is 0 Å². The molecule has 170 valence electrons. The molecule has 1 aromatic carbocycles. The molecule has 5 rings (SSSR count). The second-order valence-electron chi connectivity index (χ2n) is 8.72. The lowest BCUT2D eigenvalue weighted by atomic mass is 9.85. The van der Waals surface area contributed by atoms with Crippen LogP contribution in [0.25, 0.3) is 0 Å². The first-order valence-corrected chi connectivity index (χ1v) is 10.5. The van der Waals surface area contributed by atoms with Gasteiger partial charge >= 0.3 is 5.97 Å². The van der Waals surface area contributed by atoms with Gasteiger partial charge in [0, 0.05) is 25.2 Å². The number of benzene rings is 1. The Morgan fingerprint density at radius 2 is 1.73 bits per heavy atom. The predicted octanol–water partition coefficient (Wildman–Crippen LogP) is 2.46. The van der Waals surface area contributed by atoms with Gasteiger partial charge in [-0.1, -0.05) is 30.3 Å². The van der Waals surface area contributed by atoms with Gasteiger partial charge in [0.05, 0.1) is 13.2 Å². The minimum Gasteiger partial charge on any atom is -0.458 e. The summed E-state index contributed by atoms with van der Waals surface area (Å²) in [4.78, 5) is 17.9. The van der Waals surface area contributed by atoms with E-state index in [0.717, 1.165) is 32.5 Å². The number of esters is 1. The van der Waals surface area contributed by atoms with E-state index in [1.807, 2.05) is 30.3 Å². The summed E-state index contributed by atoms with van der Waals surface area (Å²) >= 11 is 0. The van der Waals surface area contributed by atoms with Crippen molar-refractivity contribution < 1.29 is 19.4 Å². The number of rotatable bonds is 5. The Morgan fingerprint density at radius 3 is 2.27 bits per heavy atom. The van der Waals surface area contributed by atoms with Gasteiger partial charge in [0.15, 0.2) is 5.60 Å². The fourth-order valence-electron chi connectivity index (χ4n) is 4.88. The van der Waals surface area contributed by atoms with Crippen LogP contribution in [0.1, 0.15) is 32.3 Å². The van der Waals surface area contributed by atoms with Gasteiger partial charge in [-0.2, -0.15) is 0 Å². The van der Waals surface area contributed by atoms with Gasteiger partial charge in [0.2, 0.25) is 0 Å². The van der Waals surface area contributed by atoms with Crippen molar-refractivity contribution >= 4 is 30.8 Å². The lowest BCUT2D eigenvalue weighted by Crippen LogP contribution is -2.58. The summed E-state index contributed by atoms with van der Waals surface area (Å²) in [5, 5.41) is 11.7. The molecule has 0 radical (unpaired) electrons. The van der Waals surface area contributed by atoms with E-state index in [9.17, 15) is 9.90 Å². The maximum absolute atomic E-state index is 13.3. The number of aliphatic hydroxyl groups is 1. The zero-order chi connectivity index (χ0) is 19.7. The molecule has 0 amide bonds. The van der Waals surface area contributed by atoms with E-state index < -0.39 is 11.6 Å². The predicted molar refractivity (Wildman–Crippen MR) is 120 cm³/mol. The molecular weight excluding hydrogens is 427 g/mol. The van der Waals surface area contributed by atoms with Crippen LogP contribution in [0, 0.1) is 5.92 Å². The molecule has 0 aromatic heterocycles. The summed E-state index contributed by atoms with van der Waals surface area (Å²) < 4.78 is 11.6. The second-order valence-corrected chi connectivity index (χ2v) is 8.72. The zero-order valence-corrected chi connectivity index (χ0v) is 19.4. The Kier molecular flexibility index (Phi) is 8.98. The van der Waals surface area contributed by atoms with Crippen LogP contribution in [0.5, 0.6) is 0 Å². The highest BCUT2D eigenvalue weighted by molar-refractivity contribution is 5.85. The smallest absolute Gasteiger partial charge is 0.344 e. The van der Waals surface area contributed by atoms with Crippen LogP contribution in [-0.4, -0.2) is 78.5 Å². The van der Waals surface area contributed by atoms with Gasteiger partial charge in [0.25, 0.3) is 0 Å². The van der Waals surface area contributed by atoms with Gasteiger partial charge in [-0.25, -0.2) is 4.79 Å². The minimum atomic E-state index is -1.69. The summed E-state index contributed by atoms with van der Waals surface area (Å²) in [5.41, 5.74) is -1.10. The van der Waals surface area contributed by atoms with Crippen molar-refractivity contribution in [3.8, 4) is 0 Å². The van der Waals surface area contributed by atoms with Gasteiger partial charge in [-0.05, 0) is 51.3 Å². The fourth-order valence-corrected chi connectivity index (χ4v) is 4.88. The maximum Gasteiger partial charge on any atom is 0.344 e. The molecule has 4 fully saturated rings. The number of nitrogens with zero attached hydrogens (tertiary/aromatic N) is 2. The topological polar surface area (TPSA) is 62.2 Å². The Bertz CT molecular complexity index is 677. The molecule has 30 heavy (non-hydrogen) atoms. The highest BCUT2D eigenvalue weighted by atomic mass is 35.5. The third-order valence-electron chi connectivity index (χ3n) is 6.71. The van der Waals surface area contributed by atoms with Crippen molar-refractivity contribution in [2.75, 3.05) is 39.4 Å². The Labute approximate surface area is 191 Å². The molecule has 4 unspecified atom stereocenters. The monoisotopic (exact) mass is 460 g/mol. The van der Waals surface area contributed by atoms with E-state index >= 15 is 0 Å². The molecule has 4 saturated heterocycles. The molecule has 4 heterocycles. The van der Waals surface area contributed by atoms with E-state index in [1.165, 1.54) is 0 Å². The average molecular weight is 461 g/mol. The number of ether oxygens (including phenoxy) is 2. The van der Waals surface area contributed by atoms with Crippen molar-refractivity contribution in [1.82, 2.24) is 9.80 Å². The van der Waals surface area contributed by atoms with Crippen LogP contribution >= 0.6 is 24.8 Å². The fraction of sp³-hybridized carbons (Fsp3) is 0.682. The van der Waals surface area contributed by atoms with Crippen LogP contribution in [0.4, 0.5) is 0 Å². The third kappa shape index (κ3) is 5.12. The lowest BCUT2D eigenvalue weighted by molar-refractivity contribution is -0.187. The Morgan fingerprint density at radius 1 is 1.13 bits per heavy atom. The molecular formula is C22H34Cl2N2O4. The van der Waals surface area contributed by atoms with Gasteiger partial charge < -0.3 is 14.6 Å². The standard InChI is InChI=1S/C22H32N2O4.2ClH/c1-16-13-27-14-17(2)24(16)15-22(26,19-6-4-3-5-7-19)21(25)28-20-12-23-10-8-18(20)9-11-23;;/h3-7,16-18,20,26H,8-15H2,1-2H3;2*1H. The van der Waals surface area contributed by atoms with Crippen molar-refractivity contribution in [1.29, 1.82) is 0 Å². The SMILES string of the molecule is CC1COCC(C)N1CC(O)(C(=O)OC1CN2CCC1CC2)c1ccccc1.Cl.Cl. The molecule has 0 aliphatic carbocycles. The molecule has 4 atom stereocenters. The minimum absolute atomic E-state index is 0. The molecule has 8 heteroatoms. The zero-order valence-electron chi connectivity index (χ0n) is 17.7. The van der Waals surface area contributed by atoms with E-state index in [0.29, 0.717) is 24.7 Å². The highest BCUT2D eigenvalue weighted by Gasteiger charge is 2.46. The number of β-amino-alcohol motifs (C(OH)–C–C–N with tert-alkyl or cyclic N) is 1. The maximum atomic E-state index is 13.3. The summed E-state index contributed by atoms with van der Waals surface area (Å²) in [6, 6.07) is 9.48. The number of hydrogen-bond acceptors (Lipinski definition) is 6. The van der Waals surface area contributed by atoms with Crippen LogP contribution in [0.2, 0.25) is 0 Å². The first-order chi connectivity index (χ1) is 13.5. The van der Waals surface area contributed by atoms with Crippen LogP contribution in [0.3, 0.4) is 0 Å². The first-order valence-electron chi connectivity index (χ1n) is 10.5. The van der Waals surface area contributed by atoms with Crippen LogP contribution in [0.15, 0.2) is 30.3 Å². The van der Waals surface area contributed by atoms with E-state index in [4.69, 9.17) is 9.47 Å². The largest absolute Gasteiger partial charge is 0.458 e. The quantitative estimate of drug-likeness (QED) is 0.680. The van der Waals surface area contributed by atoms with Crippen molar-refractivity contribution in [2.24, 2.45) is 5.92 Å². The van der Waals surface area contributed by atoms with Crippen molar-refractivity contribution in [3.63, 3.8) is 0 Å². The Balaban J connectivity index is 0.00000160. The molecule has 1 N–H and O–H groups in total. The van der Waals surface area contributed by atoms with E-state index in [-0.39, 0.29) is 49.5 Å². The van der Waals surface area contributed by atoms with Crippen LogP contribution < -0.4 is 0 Å². The van der Waals surface area contributed by atoms with Gasteiger partial charge in [-0.3, -0.25) is 9.80 Å². The third-order valence-corrected chi connectivity index (χ3v) is 6.71. The number of carbonyl (C=O) groups excluding carboxylic acids is 1.